The molecule has 11 heavy (non-hydrogen) atoms. The fourth-order valence-corrected chi connectivity index (χ4v) is 2.09. The zero-order valence-corrected chi connectivity index (χ0v) is 8.89. The van der Waals surface area contributed by atoms with Crippen LogP contribution >= 0.6 is 15.9 Å². The molecule has 1 aliphatic heterocycles. The van der Waals surface area contributed by atoms with Gasteiger partial charge in [0.25, 0.3) is 0 Å². The first kappa shape index (κ1) is 9.27. The minimum absolute atomic E-state index is 0.300. The lowest BCUT2D eigenvalue weighted by Gasteiger charge is -2.32. The molecule has 1 unspecified atom stereocenters. The number of hydrogen-bond acceptors (Lipinski definition) is 1. The summed E-state index contributed by atoms with van der Waals surface area (Å²) < 4.78 is 0. The number of hydrogen-bond donors (Lipinski definition) is 0. The molecule has 0 amide bonds. The average molecular weight is 218 g/mol. The number of nitrogens with zero attached hydrogens (tertiary/aromatic N) is 1. The molecule has 0 spiro atoms. The smallest absolute Gasteiger partial charge is 0.0337 e. The molecule has 0 aromatic carbocycles. The van der Waals surface area contributed by atoms with Crippen molar-refractivity contribution in [2.24, 2.45) is 0 Å². The van der Waals surface area contributed by atoms with E-state index in [1.807, 2.05) is 6.08 Å². The molecule has 0 aliphatic carbocycles. The molecule has 1 rings (SSSR count). The van der Waals surface area contributed by atoms with E-state index in [2.05, 4.69) is 41.3 Å². The van der Waals surface area contributed by atoms with E-state index in [0.717, 1.165) is 6.54 Å². The molecule has 0 bridgehead atoms. The molecular weight excluding hydrogens is 202 g/mol. The number of likely N-dealkylation sites (tertiary alicyclic amines) is 1. The molecule has 0 saturated carbocycles. The van der Waals surface area contributed by atoms with Crippen molar-refractivity contribution in [1.82, 2.24) is 4.90 Å². The highest BCUT2D eigenvalue weighted by molar-refractivity contribution is 9.09. The van der Waals surface area contributed by atoms with Crippen molar-refractivity contribution < 1.29 is 0 Å². The van der Waals surface area contributed by atoms with Gasteiger partial charge in [0.15, 0.2) is 0 Å². The third-order valence-electron chi connectivity index (χ3n) is 2.58. The summed E-state index contributed by atoms with van der Waals surface area (Å²) in [5.41, 5.74) is 0.300. The van der Waals surface area contributed by atoms with E-state index < -0.39 is 0 Å². The fraction of sp³-hybridized carbons (Fsp3) is 0.778. The molecular formula is C9H16BrN. The molecule has 0 radical (unpaired) electrons. The summed E-state index contributed by atoms with van der Waals surface area (Å²) in [6.45, 7) is 10.5. The van der Waals surface area contributed by atoms with Crippen LogP contribution in [0.5, 0.6) is 0 Å². The van der Waals surface area contributed by atoms with Crippen LogP contribution in [0, 0.1) is 0 Å². The second-order valence-corrected chi connectivity index (χ2v) is 4.75. The molecule has 0 N–H and O–H groups in total. The lowest BCUT2D eigenvalue weighted by molar-refractivity contribution is 0.200. The van der Waals surface area contributed by atoms with Gasteiger partial charge >= 0.3 is 0 Å². The van der Waals surface area contributed by atoms with Crippen LogP contribution < -0.4 is 0 Å². The van der Waals surface area contributed by atoms with Gasteiger partial charge in [0.05, 0.1) is 0 Å². The van der Waals surface area contributed by atoms with E-state index in [1.54, 1.807) is 0 Å². The highest BCUT2D eigenvalue weighted by atomic mass is 79.9. The summed E-state index contributed by atoms with van der Waals surface area (Å²) in [7, 11) is 0. The minimum Gasteiger partial charge on any atom is -0.293 e. The fourth-order valence-electron chi connectivity index (χ4n) is 1.59. The van der Waals surface area contributed by atoms with Crippen LogP contribution in [0.3, 0.4) is 0 Å². The molecule has 1 nitrogen and oxygen atoms in total. The number of rotatable bonds is 2. The van der Waals surface area contributed by atoms with Gasteiger partial charge in [-0.05, 0) is 20.3 Å². The largest absolute Gasteiger partial charge is 0.293 e. The minimum atomic E-state index is 0.300. The maximum atomic E-state index is 3.76. The van der Waals surface area contributed by atoms with Crippen LogP contribution in [0.25, 0.3) is 0 Å². The summed E-state index contributed by atoms with van der Waals surface area (Å²) >= 11 is 3.69. The van der Waals surface area contributed by atoms with E-state index in [9.17, 15) is 0 Å². The van der Waals surface area contributed by atoms with Crippen molar-refractivity contribution in [3.8, 4) is 0 Å². The topological polar surface area (TPSA) is 3.24 Å². The van der Waals surface area contributed by atoms with Crippen molar-refractivity contribution in [1.29, 1.82) is 0 Å². The van der Waals surface area contributed by atoms with Crippen molar-refractivity contribution in [2.75, 3.05) is 13.1 Å². The molecule has 0 aromatic heterocycles. The van der Waals surface area contributed by atoms with Crippen LogP contribution in [-0.4, -0.2) is 28.4 Å². The standard InChI is InChI=1S/C9H16BrN/c1-4-6-11-7-5-8(10)9(11,2)3/h4,8H,1,5-7H2,2-3H3. The van der Waals surface area contributed by atoms with Gasteiger partial charge in [0.1, 0.15) is 0 Å². The summed E-state index contributed by atoms with van der Waals surface area (Å²) in [5, 5.41) is 0. The average Bonchev–Trinajstić information content (AvgIpc) is 2.16. The van der Waals surface area contributed by atoms with Gasteiger partial charge in [-0.25, -0.2) is 0 Å². The maximum Gasteiger partial charge on any atom is 0.0337 e. The highest BCUT2D eigenvalue weighted by Gasteiger charge is 2.38. The quantitative estimate of drug-likeness (QED) is 0.508. The Labute approximate surface area is 77.6 Å². The Hall–Kier alpha value is 0.180. The summed E-state index contributed by atoms with van der Waals surface area (Å²) in [6.07, 6.45) is 3.23. The number of halogens is 1. The van der Waals surface area contributed by atoms with E-state index in [-0.39, 0.29) is 0 Å². The second-order valence-electron chi connectivity index (χ2n) is 3.64. The SMILES string of the molecule is C=CCN1CCC(Br)C1(C)C. The van der Waals surface area contributed by atoms with Gasteiger partial charge in [-0.2, -0.15) is 0 Å². The van der Waals surface area contributed by atoms with Crippen molar-refractivity contribution >= 4 is 15.9 Å². The Morgan fingerprint density at radius 3 is 2.73 bits per heavy atom. The Bertz CT molecular complexity index is 154. The van der Waals surface area contributed by atoms with Gasteiger partial charge in [0, 0.05) is 23.5 Å². The zero-order chi connectivity index (χ0) is 8.48. The van der Waals surface area contributed by atoms with Crippen LogP contribution in [-0.2, 0) is 0 Å². The highest BCUT2D eigenvalue weighted by Crippen LogP contribution is 2.33. The predicted molar refractivity (Wildman–Crippen MR) is 53.2 cm³/mol. The van der Waals surface area contributed by atoms with E-state index >= 15 is 0 Å². The molecule has 1 fully saturated rings. The molecule has 1 aliphatic rings. The summed E-state index contributed by atoms with van der Waals surface area (Å²) in [4.78, 5) is 3.09. The van der Waals surface area contributed by atoms with E-state index in [0.29, 0.717) is 10.4 Å². The Morgan fingerprint density at radius 2 is 2.36 bits per heavy atom. The number of alkyl halides is 1. The van der Waals surface area contributed by atoms with Gasteiger partial charge in [-0.15, -0.1) is 6.58 Å². The van der Waals surface area contributed by atoms with Crippen LogP contribution in [0.2, 0.25) is 0 Å². The van der Waals surface area contributed by atoms with Crippen molar-refractivity contribution in [3.63, 3.8) is 0 Å². The lowest BCUT2D eigenvalue weighted by atomic mass is 10.0. The Balaban J connectivity index is 2.62. The van der Waals surface area contributed by atoms with Gasteiger partial charge in [0.2, 0.25) is 0 Å². The van der Waals surface area contributed by atoms with Crippen LogP contribution in [0.4, 0.5) is 0 Å². The van der Waals surface area contributed by atoms with Crippen molar-refractivity contribution in [2.45, 2.75) is 30.6 Å². The molecule has 64 valence electrons. The molecule has 1 heterocycles. The Kier molecular flexibility index (Phi) is 2.76. The van der Waals surface area contributed by atoms with Gasteiger partial charge < -0.3 is 0 Å². The van der Waals surface area contributed by atoms with Gasteiger partial charge in [-0.3, -0.25) is 4.90 Å². The Morgan fingerprint density at radius 1 is 1.73 bits per heavy atom. The molecule has 1 saturated heterocycles. The lowest BCUT2D eigenvalue weighted by Crippen LogP contribution is -2.42. The van der Waals surface area contributed by atoms with E-state index in [1.165, 1.54) is 13.0 Å². The van der Waals surface area contributed by atoms with Crippen LogP contribution in [0.1, 0.15) is 20.3 Å². The summed E-state index contributed by atoms with van der Waals surface area (Å²) in [5.74, 6) is 0. The second kappa shape index (κ2) is 3.28. The molecule has 0 aromatic rings. The molecule has 1 atom stereocenters. The first-order valence-electron chi connectivity index (χ1n) is 4.09. The van der Waals surface area contributed by atoms with Gasteiger partial charge in [-0.1, -0.05) is 22.0 Å². The summed E-state index contributed by atoms with van der Waals surface area (Å²) in [6, 6.07) is 0. The predicted octanol–water partition coefficient (Wildman–Crippen LogP) is 2.42. The monoisotopic (exact) mass is 217 g/mol. The van der Waals surface area contributed by atoms with Crippen LogP contribution in [0.15, 0.2) is 12.7 Å². The molecule has 2 heteroatoms. The first-order valence-corrected chi connectivity index (χ1v) is 5.00. The van der Waals surface area contributed by atoms with E-state index in [4.69, 9.17) is 0 Å². The zero-order valence-electron chi connectivity index (χ0n) is 7.31. The third kappa shape index (κ3) is 1.67. The first-order chi connectivity index (χ1) is 5.09. The van der Waals surface area contributed by atoms with Crippen molar-refractivity contribution in [3.05, 3.63) is 12.7 Å². The maximum absolute atomic E-state index is 3.76. The normalized spacial score (nSPS) is 30.6. The third-order valence-corrected chi connectivity index (χ3v) is 4.16.